The third kappa shape index (κ3) is 4.48. The molecule has 0 aliphatic carbocycles. The Morgan fingerprint density at radius 3 is 2.79 bits per heavy atom. The number of ether oxygens (including phenoxy) is 1. The van der Waals surface area contributed by atoms with Crippen molar-refractivity contribution >= 4 is 38.8 Å². The molecule has 0 radical (unpaired) electrons. The normalized spacial score (nSPS) is 14.8. The third-order valence-corrected chi connectivity index (χ3v) is 4.81. The average molecular weight is 448 g/mol. The van der Waals surface area contributed by atoms with Gasteiger partial charge in [-0.25, -0.2) is 4.68 Å². The van der Waals surface area contributed by atoms with Crippen LogP contribution in [0.15, 0.2) is 39.4 Å². The van der Waals surface area contributed by atoms with Gasteiger partial charge >= 0.3 is 0 Å². The Labute approximate surface area is 170 Å². The lowest BCUT2D eigenvalue weighted by atomic mass is 10.0. The Hall–Kier alpha value is -2.52. The summed E-state index contributed by atoms with van der Waals surface area (Å²) in [6.07, 6.45) is 2.53. The SMILES string of the molecule is CC(C)c1nn(CC(=O)N/C(=C/C=N)NC2COC2)c(=O)c2ccc(Br)cc12. The minimum atomic E-state index is -0.401. The third-order valence-electron chi connectivity index (χ3n) is 4.31. The number of halogens is 1. The fourth-order valence-electron chi connectivity index (χ4n) is 2.89. The summed E-state index contributed by atoms with van der Waals surface area (Å²) < 4.78 is 7.15. The molecule has 0 bridgehead atoms. The van der Waals surface area contributed by atoms with Crippen LogP contribution in [0.2, 0.25) is 0 Å². The van der Waals surface area contributed by atoms with Crippen LogP contribution in [0.3, 0.4) is 0 Å². The van der Waals surface area contributed by atoms with E-state index >= 15 is 0 Å². The molecule has 2 heterocycles. The summed E-state index contributed by atoms with van der Waals surface area (Å²) in [6.45, 7) is 4.86. The van der Waals surface area contributed by atoms with E-state index in [0.717, 1.165) is 21.8 Å². The number of fused-ring (bicyclic) bond motifs is 1. The van der Waals surface area contributed by atoms with Gasteiger partial charge in [0.1, 0.15) is 12.4 Å². The molecule has 0 spiro atoms. The Balaban J connectivity index is 1.86. The molecule has 3 N–H and O–H groups in total. The lowest BCUT2D eigenvalue weighted by Crippen LogP contribution is -2.49. The summed E-state index contributed by atoms with van der Waals surface area (Å²) >= 11 is 3.43. The number of carbonyl (C=O) groups excluding carboxylic acids is 1. The van der Waals surface area contributed by atoms with E-state index in [-0.39, 0.29) is 24.1 Å². The molecule has 1 fully saturated rings. The Bertz CT molecular complexity index is 995. The van der Waals surface area contributed by atoms with Crippen molar-refractivity contribution in [1.82, 2.24) is 20.4 Å². The van der Waals surface area contributed by atoms with Crippen molar-refractivity contribution in [3.05, 3.63) is 50.6 Å². The molecular formula is C19H22BrN5O3. The molecule has 0 saturated carbocycles. The van der Waals surface area contributed by atoms with Gasteiger partial charge in [0, 0.05) is 16.1 Å². The first kappa shape index (κ1) is 20.2. The second-order valence-electron chi connectivity index (χ2n) is 6.87. The van der Waals surface area contributed by atoms with Crippen molar-refractivity contribution in [3.63, 3.8) is 0 Å². The number of hydrogen-bond donors (Lipinski definition) is 3. The van der Waals surface area contributed by atoms with Gasteiger partial charge in [-0.05, 0) is 30.2 Å². The summed E-state index contributed by atoms with van der Waals surface area (Å²) in [6, 6.07) is 5.51. The number of aromatic nitrogens is 2. The monoisotopic (exact) mass is 447 g/mol. The predicted octanol–water partition coefficient (Wildman–Crippen LogP) is 1.88. The van der Waals surface area contributed by atoms with E-state index in [9.17, 15) is 9.59 Å². The van der Waals surface area contributed by atoms with E-state index in [2.05, 4.69) is 31.7 Å². The quantitative estimate of drug-likeness (QED) is 0.561. The molecule has 1 aromatic heterocycles. The zero-order valence-electron chi connectivity index (χ0n) is 15.7. The van der Waals surface area contributed by atoms with Crippen LogP contribution in [0.25, 0.3) is 10.8 Å². The van der Waals surface area contributed by atoms with Gasteiger partial charge in [-0.15, -0.1) is 0 Å². The highest BCUT2D eigenvalue weighted by molar-refractivity contribution is 9.10. The maximum absolute atomic E-state index is 12.8. The predicted molar refractivity (Wildman–Crippen MR) is 111 cm³/mol. The molecule has 8 nitrogen and oxygen atoms in total. The van der Waals surface area contributed by atoms with E-state index in [1.54, 1.807) is 12.1 Å². The Morgan fingerprint density at radius 2 is 2.18 bits per heavy atom. The molecule has 2 aromatic rings. The highest BCUT2D eigenvalue weighted by Gasteiger charge is 2.20. The number of hydrogen-bond acceptors (Lipinski definition) is 6. The summed E-state index contributed by atoms with van der Waals surface area (Å²) in [7, 11) is 0. The fourth-order valence-corrected chi connectivity index (χ4v) is 3.25. The Morgan fingerprint density at radius 1 is 1.43 bits per heavy atom. The van der Waals surface area contributed by atoms with Crippen molar-refractivity contribution in [2.45, 2.75) is 32.4 Å². The molecule has 1 aromatic carbocycles. The zero-order chi connectivity index (χ0) is 20.3. The molecule has 3 rings (SSSR count). The van der Waals surface area contributed by atoms with E-state index < -0.39 is 5.91 Å². The summed E-state index contributed by atoms with van der Waals surface area (Å²) in [5, 5.41) is 18.8. The van der Waals surface area contributed by atoms with Gasteiger partial charge in [0.15, 0.2) is 0 Å². The van der Waals surface area contributed by atoms with Gasteiger partial charge in [-0.3, -0.25) is 9.59 Å². The standard InChI is InChI=1S/C19H22BrN5O3/c1-11(2)18-15-7-12(20)3-4-14(15)19(27)25(24-18)8-17(26)23-16(5-6-21)22-13-9-28-10-13/h3-7,11,13,21-22H,8-10H2,1-2H3,(H,23,26)/b16-5+,21-6?. The zero-order valence-corrected chi connectivity index (χ0v) is 17.2. The molecule has 1 aliphatic heterocycles. The molecule has 1 amide bonds. The van der Waals surface area contributed by atoms with Gasteiger partial charge < -0.3 is 20.8 Å². The van der Waals surface area contributed by atoms with Crippen molar-refractivity contribution in [2.24, 2.45) is 0 Å². The van der Waals surface area contributed by atoms with E-state index in [0.29, 0.717) is 24.4 Å². The fraction of sp³-hybridized carbons (Fsp3) is 0.368. The highest BCUT2D eigenvalue weighted by Crippen LogP contribution is 2.24. The van der Waals surface area contributed by atoms with Gasteiger partial charge in [0.25, 0.3) is 5.56 Å². The number of amides is 1. The minimum absolute atomic E-state index is 0.0837. The van der Waals surface area contributed by atoms with Crippen molar-refractivity contribution in [3.8, 4) is 0 Å². The van der Waals surface area contributed by atoms with Crippen LogP contribution in [-0.2, 0) is 16.1 Å². The molecule has 1 saturated heterocycles. The minimum Gasteiger partial charge on any atom is -0.377 e. The lowest BCUT2D eigenvalue weighted by molar-refractivity contribution is -0.121. The first-order chi connectivity index (χ1) is 13.4. The molecule has 148 valence electrons. The number of nitrogens with zero attached hydrogens (tertiary/aromatic N) is 2. The molecular weight excluding hydrogens is 426 g/mol. The van der Waals surface area contributed by atoms with Crippen molar-refractivity contribution in [1.29, 1.82) is 5.41 Å². The molecule has 1 aliphatic rings. The maximum atomic E-state index is 12.8. The van der Waals surface area contributed by atoms with Crippen LogP contribution in [0.5, 0.6) is 0 Å². The van der Waals surface area contributed by atoms with Crippen molar-refractivity contribution < 1.29 is 9.53 Å². The smallest absolute Gasteiger partial charge is 0.275 e. The highest BCUT2D eigenvalue weighted by atomic mass is 79.9. The largest absolute Gasteiger partial charge is 0.377 e. The first-order valence-corrected chi connectivity index (χ1v) is 9.73. The van der Waals surface area contributed by atoms with Crippen LogP contribution in [0.4, 0.5) is 0 Å². The van der Waals surface area contributed by atoms with Gasteiger partial charge in [-0.2, -0.15) is 5.10 Å². The van der Waals surface area contributed by atoms with Gasteiger partial charge in [0.05, 0.1) is 30.3 Å². The molecule has 9 heteroatoms. The van der Waals surface area contributed by atoms with Crippen LogP contribution >= 0.6 is 15.9 Å². The average Bonchev–Trinajstić information content (AvgIpc) is 2.60. The number of rotatable bonds is 7. The lowest BCUT2D eigenvalue weighted by Gasteiger charge is -2.29. The van der Waals surface area contributed by atoms with E-state index in [1.165, 1.54) is 10.8 Å². The van der Waals surface area contributed by atoms with Gasteiger partial charge in [0.2, 0.25) is 5.91 Å². The molecule has 0 atom stereocenters. The summed E-state index contributed by atoms with van der Waals surface area (Å²) in [4.78, 5) is 25.3. The number of allylic oxidation sites excluding steroid dienone is 1. The van der Waals surface area contributed by atoms with E-state index in [4.69, 9.17) is 10.1 Å². The maximum Gasteiger partial charge on any atom is 0.275 e. The van der Waals surface area contributed by atoms with Crippen molar-refractivity contribution in [2.75, 3.05) is 13.2 Å². The molecule has 28 heavy (non-hydrogen) atoms. The van der Waals surface area contributed by atoms with E-state index in [1.807, 2.05) is 19.9 Å². The van der Waals surface area contributed by atoms with Gasteiger partial charge in [-0.1, -0.05) is 29.8 Å². The first-order valence-electron chi connectivity index (χ1n) is 8.94. The van der Waals surface area contributed by atoms with Crippen LogP contribution in [-0.4, -0.2) is 41.2 Å². The molecule has 0 unspecified atom stereocenters. The number of benzene rings is 1. The second kappa shape index (κ2) is 8.66. The van der Waals surface area contributed by atoms with Crippen LogP contribution in [0, 0.1) is 5.41 Å². The number of carbonyl (C=O) groups is 1. The number of nitrogens with one attached hydrogen (secondary N) is 3. The summed E-state index contributed by atoms with van der Waals surface area (Å²) in [5.74, 6) is 0.0807. The van der Waals surface area contributed by atoms with Crippen LogP contribution < -0.4 is 16.2 Å². The second-order valence-corrected chi connectivity index (χ2v) is 7.78. The topological polar surface area (TPSA) is 109 Å². The Kier molecular flexibility index (Phi) is 6.25. The van der Waals surface area contributed by atoms with Crippen LogP contribution in [0.1, 0.15) is 25.5 Å². The summed E-state index contributed by atoms with van der Waals surface area (Å²) in [5.41, 5.74) is 0.434.